The lowest BCUT2D eigenvalue weighted by molar-refractivity contribution is -0.124. The number of rotatable bonds is 7. The molecule has 0 saturated heterocycles. The molecule has 4 heteroatoms. The van der Waals surface area contributed by atoms with Crippen LogP contribution in [-0.4, -0.2) is 14.2 Å². The molecule has 2 saturated carbocycles. The monoisotopic (exact) mass is 402 g/mol. The van der Waals surface area contributed by atoms with Crippen LogP contribution in [0.3, 0.4) is 0 Å². The Morgan fingerprint density at radius 1 is 0.893 bits per heavy atom. The molecule has 0 bridgehead atoms. The molecule has 3 rings (SSSR count). The minimum Gasteiger partial charge on any atom is -0.299 e. The van der Waals surface area contributed by atoms with Crippen LogP contribution in [0.15, 0.2) is 46.7 Å². The maximum atomic E-state index is 12.9. The van der Waals surface area contributed by atoms with E-state index in [2.05, 4.69) is 6.58 Å². The first-order valence-corrected chi connectivity index (χ1v) is 12.5. The number of sulfone groups is 1. The molecule has 2 aliphatic rings. The molecule has 3 unspecified atom stereocenters. The molecular formula is C24H34O3S. The molecule has 154 valence electrons. The lowest BCUT2D eigenvalue weighted by Gasteiger charge is -2.36. The smallest absolute Gasteiger partial charge is 0.202 e. The largest absolute Gasteiger partial charge is 0.299 e. The van der Waals surface area contributed by atoms with E-state index >= 15 is 0 Å². The highest BCUT2D eigenvalue weighted by Gasteiger charge is 2.31. The van der Waals surface area contributed by atoms with Crippen LogP contribution in [0.5, 0.6) is 0 Å². The van der Waals surface area contributed by atoms with Gasteiger partial charge in [0.15, 0.2) is 0 Å². The van der Waals surface area contributed by atoms with Crippen LogP contribution in [0.4, 0.5) is 0 Å². The van der Waals surface area contributed by atoms with Crippen molar-refractivity contribution in [3.05, 3.63) is 41.8 Å². The molecule has 2 aliphatic carbocycles. The highest BCUT2D eigenvalue weighted by Crippen LogP contribution is 2.40. The Morgan fingerprint density at radius 3 is 2.18 bits per heavy atom. The highest BCUT2D eigenvalue weighted by atomic mass is 32.2. The Labute approximate surface area is 170 Å². The van der Waals surface area contributed by atoms with Crippen molar-refractivity contribution in [3.8, 4) is 0 Å². The van der Waals surface area contributed by atoms with Crippen LogP contribution in [0.1, 0.15) is 77.0 Å². The van der Waals surface area contributed by atoms with Gasteiger partial charge in [-0.05, 0) is 49.7 Å². The second-order valence-corrected chi connectivity index (χ2v) is 10.8. The number of ketones is 1. The van der Waals surface area contributed by atoms with E-state index in [9.17, 15) is 13.2 Å². The minimum atomic E-state index is -3.49. The number of fused-ring (bicyclic) bond motifs is 1. The van der Waals surface area contributed by atoms with E-state index in [0.717, 1.165) is 31.1 Å². The van der Waals surface area contributed by atoms with Gasteiger partial charge >= 0.3 is 0 Å². The fraction of sp³-hybridized carbons (Fsp3) is 0.625. The Morgan fingerprint density at radius 2 is 1.50 bits per heavy atom. The summed E-state index contributed by atoms with van der Waals surface area (Å²) in [5.41, 5.74) is 0. The summed E-state index contributed by atoms with van der Waals surface area (Å²) in [7, 11) is -3.49. The fourth-order valence-corrected chi connectivity index (χ4v) is 6.37. The minimum absolute atomic E-state index is 0.185. The molecule has 1 aromatic rings. The maximum Gasteiger partial charge on any atom is 0.202 e. The number of hydrogen-bond donors (Lipinski definition) is 0. The number of carbonyl (C=O) groups is 1. The van der Waals surface area contributed by atoms with Crippen LogP contribution in [0.25, 0.3) is 0 Å². The quantitative estimate of drug-likeness (QED) is 0.553. The molecule has 0 spiro atoms. The van der Waals surface area contributed by atoms with E-state index in [1.54, 1.807) is 30.3 Å². The summed E-state index contributed by atoms with van der Waals surface area (Å²) in [4.78, 5) is 13.4. The number of benzene rings is 1. The van der Waals surface area contributed by atoms with E-state index < -0.39 is 9.84 Å². The number of carbonyl (C=O) groups excluding carboxylic acids is 1. The van der Waals surface area contributed by atoms with Gasteiger partial charge in [-0.15, -0.1) is 0 Å². The van der Waals surface area contributed by atoms with Gasteiger partial charge in [0.1, 0.15) is 5.78 Å². The third kappa shape index (κ3) is 5.34. The topological polar surface area (TPSA) is 51.2 Å². The van der Waals surface area contributed by atoms with Crippen molar-refractivity contribution < 1.29 is 13.2 Å². The predicted molar refractivity (Wildman–Crippen MR) is 114 cm³/mol. The second kappa shape index (κ2) is 9.87. The van der Waals surface area contributed by atoms with Crippen LogP contribution in [-0.2, 0) is 14.6 Å². The van der Waals surface area contributed by atoms with Gasteiger partial charge < -0.3 is 0 Å². The average molecular weight is 403 g/mol. The van der Waals surface area contributed by atoms with Crippen LogP contribution < -0.4 is 0 Å². The van der Waals surface area contributed by atoms with E-state index in [-0.39, 0.29) is 15.7 Å². The third-order valence-electron chi connectivity index (χ3n) is 6.80. The van der Waals surface area contributed by atoms with Crippen LogP contribution in [0.2, 0.25) is 0 Å². The Balaban J connectivity index is 1.51. The predicted octanol–water partition coefficient (Wildman–Crippen LogP) is 6.10. The van der Waals surface area contributed by atoms with Crippen molar-refractivity contribution in [3.63, 3.8) is 0 Å². The molecule has 2 fully saturated rings. The van der Waals surface area contributed by atoms with Gasteiger partial charge in [-0.25, -0.2) is 8.42 Å². The molecule has 28 heavy (non-hydrogen) atoms. The van der Waals surface area contributed by atoms with Crippen LogP contribution >= 0.6 is 0 Å². The standard InChI is InChI=1S/C24H34O3S/c1-19(28(26,27)23-15-3-2-4-16-23)10-9-17-24(25)22-14-8-6-12-20-11-5-7-13-21(20)18-22/h2-4,15-16,20-22H,1,5-14,17-18H2. The molecule has 0 heterocycles. The van der Waals surface area contributed by atoms with Crippen molar-refractivity contribution >= 4 is 15.6 Å². The highest BCUT2D eigenvalue weighted by molar-refractivity contribution is 7.95. The van der Waals surface area contributed by atoms with Crippen molar-refractivity contribution in [2.24, 2.45) is 17.8 Å². The molecule has 0 aromatic heterocycles. The molecule has 0 aliphatic heterocycles. The molecule has 3 nitrogen and oxygen atoms in total. The maximum absolute atomic E-state index is 12.9. The van der Waals surface area contributed by atoms with Crippen LogP contribution in [0, 0.1) is 17.8 Å². The Kier molecular flexibility index (Phi) is 7.50. The molecular weight excluding hydrogens is 368 g/mol. The number of allylic oxidation sites excluding steroid dienone is 1. The van der Waals surface area contributed by atoms with Gasteiger partial charge in [0.05, 0.1) is 4.90 Å². The number of Topliss-reactive ketones (excluding diaryl/α,β-unsaturated/α-hetero) is 1. The summed E-state index contributed by atoms with van der Waals surface area (Å²) in [6.45, 7) is 3.79. The van der Waals surface area contributed by atoms with Gasteiger partial charge in [-0.1, -0.05) is 69.7 Å². The summed E-state index contributed by atoms with van der Waals surface area (Å²) in [5.74, 6) is 2.09. The van der Waals surface area contributed by atoms with E-state index in [1.165, 1.54) is 38.5 Å². The van der Waals surface area contributed by atoms with E-state index in [0.29, 0.717) is 25.0 Å². The zero-order chi connectivity index (χ0) is 20.0. The average Bonchev–Trinajstić information content (AvgIpc) is 2.69. The van der Waals surface area contributed by atoms with Crippen molar-refractivity contribution in [1.29, 1.82) is 0 Å². The summed E-state index contributed by atoms with van der Waals surface area (Å²) in [6.07, 6.45) is 12.6. The summed E-state index contributed by atoms with van der Waals surface area (Å²) in [6, 6.07) is 8.43. The first kappa shape index (κ1) is 21.3. The van der Waals surface area contributed by atoms with Gasteiger partial charge in [-0.2, -0.15) is 0 Å². The molecule has 0 radical (unpaired) electrons. The van der Waals surface area contributed by atoms with Gasteiger partial charge in [0.2, 0.25) is 9.84 Å². The Bertz CT molecular complexity index is 766. The summed E-state index contributed by atoms with van der Waals surface area (Å²) in [5, 5.41) is 0. The molecule has 1 aromatic carbocycles. The van der Waals surface area contributed by atoms with E-state index in [4.69, 9.17) is 0 Å². The van der Waals surface area contributed by atoms with Gasteiger partial charge in [-0.3, -0.25) is 4.79 Å². The zero-order valence-corrected chi connectivity index (χ0v) is 17.8. The second-order valence-electron chi connectivity index (χ2n) is 8.70. The fourth-order valence-electron chi connectivity index (χ4n) is 5.11. The molecule has 0 N–H and O–H groups in total. The molecule has 3 atom stereocenters. The first-order valence-electron chi connectivity index (χ1n) is 11.0. The molecule has 0 amide bonds. The SMILES string of the molecule is C=C(CCCC(=O)C1CCCCC2CCCCC2C1)S(=O)(=O)c1ccccc1. The van der Waals surface area contributed by atoms with E-state index in [1.807, 2.05) is 0 Å². The van der Waals surface area contributed by atoms with Crippen molar-refractivity contribution in [2.75, 3.05) is 0 Å². The van der Waals surface area contributed by atoms with Crippen molar-refractivity contribution in [1.82, 2.24) is 0 Å². The summed E-state index contributed by atoms with van der Waals surface area (Å²) < 4.78 is 25.1. The summed E-state index contributed by atoms with van der Waals surface area (Å²) >= 11 is 0. The van der Waals surface area contributed by atoms with Crippen molar-refractivity contribution in [2.45, 2.75) is 81.9 Å². The third-order valence-corrected chi connectivity index (χ3v) is 8.66. The zero-order valence-electron chi connectivity index (χ0n) is 16.9. The Hall–Kier alpha value is -1.42. The first-order chi connectivity index (χ1) is 13.5. The lowest BCUT2D eigenvalue weighted by Crippen LogP contribution is -2.27. The number of hydrogen-bond acceptors (Lipinski definition) is 3. The lowest BCUT2D eigenvalue weighted by atomic mass is 9.69. The van der Waals surface area contributed by atoms with Gasteiger partial charge in [0.25, 0.3) is 0 Å². The van der Waals surface area contributed by atoms with Gasteiger partial charge in [0, 0.05) is 17.2 Å². The normalized spacial score (nSPS) is 25.9.